The molecule has 0 fully saturated rings. The van der Waals surface area contributed by atoms with E-state index in [1.165, 1.54) is 0 Å². The van der Waals surface area contributed by atoms with Gasteiger partial charge in [-0.05, 0) is 38.7 Å². The Bertz CT molecular complexity index is 687. The maximum atomic E-state index is 12.0. The van der Waals surface area contributed by atoms with Crippen molar-refractivity contribution < 1.29 is 4.79 Å². The van der Waals surface area contributed by atoms with E-state index < -0.39 is 0 Å². The van der Waals surface area contributed by atoms with Gasteiger partial charge in [0.1, 0.15) is 0 Å². The van der Waals surface area contributed by atoms with Crippen molar-refractivity contribution >= 4 is 22.6 Å². The SMILES string of the molecule is CC(C)n1ncc2cc(NC(=O)CC3C=CCC3)cnc21. The van der Waals surface area contributed by atoms with E-state index in [9.17, 15) is 4.79 Å². The fourth-order valence-corrected chi connectivity index (χ4v) is 2.70. The lowest BCUT2D eigenvalue weighted by molar-refractivity contribution is -0.116. The van der Waals surface area contributed by atoms with Gasteiger partial charge >= 0.3 is 0 Å². The predicted octanol–water partition coefficient (Wildman–Crippen LogP) is 3.31. The summed E-state index contributed by atoms with van der Waals surface area (Å²) in [6, 6.07) is 2.20. The first-order valence-corrected chi connectivity index (χ1v) is 7.43. The molecule has 0 aliphatic heterocycles. The van der Waals surface area contributed by atoms with Crippen LogP contribution in [-0.2, 0) is 4.79 Å². The summed E-state index contributed by atoms with van der Waals surface area (Å²) >= 11 is 0. The van der Waals surface area contributed by atoms with Crippen molar-refractivity contribution in [1.82, 2.24) is 14.8 Å². The summed E-state index contributed by atoms with van der Waals surface area (Å²) in [5.41, 5.74) is 1.58. The molecule has 1 N–H and O–H groups in total. The maximum Gasteiger partial charge on any atom is 0.225 e. The Morgan fingerprint density at radius 2 is 2.33 bits per heavy atom. The minimum absolute atomic E-state index is 0.0453. The number of hydrogen-bond donors (Lipinski definition) is 1. The highest BCUT2D eigenvalue weighted by Gasteiger charge is 2.15. The summed E-state index contributed by atoms with van der Waals surface area (Å²) in [4.78, 5) is 16.4. The van der Waals surface area contributed by atoms with Crippen LogP contribution in [0.2, 0.25) is 0 Å². The third kappa shape index (κ3) is 2.96. The van der Waals surface area contributed by atoms with Crippen molar-refractivity contribution in [3.8, 4) is 0 Å². The third-order valence-electron chi connectivity index (χ3n) is 3.77. The molecule has 0 spiro atoms. The molecule has 1 amide bonds. The number of hydrogen-bond acceptors (Lipinski definition) is 3. The van der Waals surface area contributed by atoms with Crippen LogP contribution >= 0.6 is 0 Å². The van der Waals surface area contributed by atoms with Gasteiger partial charge in [-0.2, -0.15) is 5.10 Å². The standard InChI is InChI=1S/C16H20N4O/c1-11(2)20-16-13(9-18-20)8-14(10-17-16)19-15(21)7-12-5-3-4-6-12/h3,5,8-12H,4,6-7H2,1-2H3,(H,19,21). The predicted molar refractivity (Wildman–Crippen MR) is 83.0 cm³/mol. The van der Waals surface area contributed by atoms with Gasteiger partial charge in [0, 0.05) is 17.8 Å². The van der Waals surface area contributed by atoms with E-state index >= 15 is 0 Å². The Hall–Kier alpha value is -2.17. The van der Waals surface area contributed by atoms with Crippen molar-refractivity contribution in [1.29, 1.82) is 0 Å². The molecule has 5 heteroatoms. The number of allylic oxidation sites excluding steroid dienone is 2. The molecular weight excluding hydrogens is 264 g/mol. The maximum absolute atomic E-state index is 12.0. The lowest BCUT2D eigenvalue weighted by Crippen LogP contribution is -2.15. The summed E-state index contributed by atoms with van der Waals surface area (Å²) in [7, 11) is 0. The van der Waals surface area contributed by atoms with Crippen LogP contribution in [0.4, 0.5) is 5.69 Å². The number of carbonyl (C=O) groups excluding carboxylic acids is 1. The van der Waals surface area contributed by atoms with Crippen molar-refractivity contribution in [2.24, 2.45) is 5.92 Å². The number of nitrogens with zero attached hydrogens (tertiary/aromatic N) is 3. The van der Waals surface area contributed by atoms with Gasteiger partial charge in [-0.1, -0.05) is 12.2 Å². The van der Waals surface area contributed by atoms with Crippen LogP contribution in [0.1, 0.15) is 39.2 Å². The minimum Gasteiger partial charge on any atom is -0.325 e. The highest BCUT2D eigenvalue weighted by molar-refractivity contribution is 5.92. The molecule has 3 rings (SSSR count). The molecule has 5 nitrogen and oxygen atoms in total. The molecule has 1 atom stereocenters. The molecule has 21 heavy (non-hydrogen) atoms. The second-order valence-corrected chi connectivity index (χ2v) is 5.84. The first-order valence-electron chi connectivity index (χ1n) is 7.43. The van der Waals surface area contributed by atoms with E-state index in [4.69, 9.17) is 0 Å². The smallest absolute Gasteiger partial charge is 0.225 e. The average Bonchev–Trinajstić information content (AvgIpc) is 3.06. The second-order valence-electron chi connectivity index (χ2n) is 5.84. The van der Waals surface area contributed by atoms with Gasteiger partial charge in [-0.15, -0.1) is 0 Å². The molecular formula is C16H20N4O. The summed E-state index contributed by atoms with van der Waals surface area (Å²) < 4.78 is 1.88. The van der Waals surface area contributed by atoms with Crippen LogP contribution in [0.3, 0.4) is 0 Å². The molecule has 2 aromatic heterocycles. The molecule has 1 aliphatic carbocycles. The van der Waals surface area contributed by atoms with Gasteiger partial charge in [-0.25, -0.2) is 9.67 Å². The van der Waals surface area contributed by atoms with Crippen LogP contribution < -0.4 is 5.32 Å². The Morgan fingerprint density at radius 1 is 1.48 bits per heavy atom. The van der Waals surface area contributed by atoms with Gasteiger partial charge in [-0.3, -0.25) is 4.79 Å². The highest BCUT2D eigenvalue weighted by atomic mass is 16.1. The van der Waals surface area contributed by atoms with E-state index in [0.717, 1.165) is 29.6 Å². The third-order valence-corrected chi connectivity index (χ3v) is 3.77. The zero-order valence-corrected chi connectivity index (χ0v) is 12.4. The molecule has 2 aromatic rings. The normalized spacial score (nSPS) is 17.8. The van der Waals surface area contributed by atoms with Gasteiger partial charge in [0.25, 0.3) is 0 Å². The first kappa shape index (κ1) is 13.8. The van der Waals surface area contributed by atoms with Crippen LogP contribution in [-0.4, -0.2) is 20.7 Å². The molecule has 1 unspecified atom stereocenters. The zero-order chi connectivity index (χ0) is 14.8. The molecule has 0 saturated carbocycles. The highest BCUT2D eigenvalue weighted by Crippen LogP contribution is 2.22. The Morgan fingerprint density at radius 3 is 3.05 bits per heavy atom. The molecule has 110 valence electrons. The minimum atomic E-state index is 0.0453. The fourth-order valence-electron chi connectivity index (χ4n) is 2.70. The average molecular weight is 284 g/mol. The summed E-state index contributed by atoms with van der Waals surface area (Å²) in [5.74, 6) is 0.425. The number of amides is 1. The number of anilines is 1. The van der Waals surface area contributed by atoms with Crippen molar-refractivity contribution in [3.05, 3.63) is 30.6 Å². The Labute approximate surface area is 124 Å². The molecule has 0 radical (unpaired) electrons. The molecule has 2 heterocycles. The van der Waals surface area contributed by atoms with Crippen molar-refractivity contribution in [3.63, 3.8) is 0 Å². The van der Waals surface area contributed by atoms with Gasteiger partial charge in [0.2, 0.25) is 5.91 Å². The van der Waals surface area contributed by atoms with Crippen LogP contribution in [0, 0.1) is 5.92 Å². The number of fused-ring (bicyclic) bond motifs is 1. The summed E-state index contributed by atoms with van der Waals surface area (Å²) in [6.45, 7) is 4.14. The van der Waals surface area contributed by atoms with Crippen molar-refractivity contribution in [2.75, 3.05) is 5.32 Å². The van der Waals surface area contributed by atoms with E-state index in [0.29, 0.717) is 12.3 Å². The second kappa shape index (κ2) is 5.68. The van der Waals surface area contributed by atoms with Gasteiger partial charge < -0.3 is 5.32 Å². The summed E-state index contributed by atoms with van der Waals surface area (Å²) in [5, 5.41) is 8.20. The largest absolute Gasteiger partial charge is 0.325 e. The molecule has 1 aliphatic rings. The Balaban J connectivity index is 1.72. The number of pyridine rings is 1. The molecule has 0 aromatic carbocycles. The lowest BCUT2D eigenvalue weighted by atomic mass is 10.1. The van der Waals surface area contributed by atoms with E-state index in [1.54, 1.807) is 12.4 Å². The number of aromatic nitrogens is 3. The zero-order valence-electron chi connectivity index (χ0n) is 12.4. The first-order chi connectivity index (χ1) is 10.1. The number of nitrogens with one attached hydrogen (secondary N) is 1. The molecule has 0 saturated heterocycles. The van der Waals surface area contributed by atoms with E-state index in [-0.39, 0.29) is 11.9 Å². The van der Waals surface area contributed by atoms with Crippen LogP contribution in [0.25, 0.3) is 11.0 Å². The number of carbonyl (C=O) groups is 1. The fraction of sp³-hybridized carbons (Fsp3) is 0.438. The quantitative estimate of drug-likeness (QED) is 0.876. The molecule has 0 bridgehead atoms. The topological polar surface area (TPSA) is 59.8 Å². The van der Waals surface area contributed by atoms with E-state index in [1.807, 2.05) is 10.7 Å². The summed E-state index contributed by atoms with van der Waals surface area (Å²) in [6.07, 6.45) is 10.5. The van der Waals surface area contributed by atoms with Crippen LogP contribution in [0.5, 0.6) is 0 Å². The van der Waals surface area contributed by atoms with Crippen molar-refractivity contribution in [2.45, 2.75) is 39.2 Å². The Kier molecular flexibility index (Phi) is 3.73. The van der Waals surface area contributed by atoms with Gasteiger partial charge in [0.05, 0.1) is 18.1 Å². The number of rotatable bonds is 4. The van der Waals surface area contributed by atoms with Gasteiger partial charge in [0.15, 0.2) is 5.65 Å². The van der Waals surface area contributed by atoms with Crippen LogP contribution in [0.15, 0.2) is 30.6 Å². The van der Waals surface area contributed by atoms with E-state index in [2.05, 4.69) is 41.4 Å². The lowest BCUT2D eigenvalue weighted by Gasteiger charge is -2.09. The monoisotopic (exact) mass is 284 g/mol.